The molecule has 0 aliphatic heterocycles. The van der Waals surface area contributed by atoms with Crippen LogP contribution in [0.3, 0.4) is 0 Å². The molecule has 0 aliphatic carbocycles. The number of hydrogen-bond donors (Lipinski definition) is 4. The molecule has 2 aromatic rings. The zero-order valence-corrected chi connectivity index (χ0v) is 10.8. The Morgan fingerprint density at radius 2 is 2.00 bits per heavy atom. The van der Waals surface area contributed by atoms with Crippen LogP contribution in [0.15, 0.2) is 30.5 Å². The van der Waals surface area contributed by atoms with E-state index in [1.54, 1.807) is 0 Å². The highest BCUT2D eigenvalue weighted by molar-refractivity contribution is 5.83. The minimum Gasteiger partial charge on any atom is -0.396 e. The predicted octanol–water partition coefficient (Wildman–Crippen LogP) is 1.39. The SMILES string of the molecule is O=C(NCCCO)NCCc1c[nH]c2ccccc12. The van der Waals surface area contributed by atoms with Crippen LogP contribution in [0, 0.1) is 0 Å². The maximum Gasteiger partial charge on any atom is 0.314 e. The molecule has 1 aromatic carbocycles. The van der Waals surface area contributed by atoms with Crippen molar-refractivity contribution in [2.24, 2.45) is 0 Å². The third kappa shape index (κ3) is 3.72. The standard InChI is InChI=1S/C14H19N3O2/c18-9-3-7-15-14(19)16-8-6-11-10-17-13-5-2-1-4-12(11)13/h1-2,4-5,10,17-18H,3,6-9H2,(H2,15,16,19). The molecule has 0 fully saturated rings. The highest BCUT2D eigenvalue weighted by atomic mass is 16.3. The van der Waals surface area contributed by atoms with Crippen LogP contribution in [0.5, 0.6) is 0 Å². The Labute approximate surface area is 112 Å². The number of aliphatic hydroxyl groups excluding tert-OH is 1. The number of carbonyl (C=O) groups is 1. The second-order valence-corrected chi connectivity index (χ2v) is 4.37. The summed E-state index contributed by atoms with van der Waals surface area (Å²) in [4.78, 5) is 14.6. The number of benzene rings is 1. The fourth-order valence-electron chi connectivity index (χ4n) is 1.99. The molecule has 0 unspecified atom stereocenters. The van der Waals surface area contributed by atoms with Crippen molar-refractivity contribution < 1.29 is 9.90 Å². The van der Waals surface area contributed by atoms with Crippen molar-refractivity contribution in [1.82, 2.24) is 15.6 Å². The van der Waals surface area contributed by atoms with Crippen LogP contribution in [-0.4, -0.2) is 35.8 Å². The Morgan fingerprint density at radius 1 is 1.21 bits per heavy atom. The van der Waals surface area contributed by atoms with Gasteiger partial charge in [-0.2, -0.15) is 0 Å². The monoisotopic (exact) mass is 261 g/mol. The Bertz CT molecular complexity index is 536. The molecule has 102 valence electrons. The van der Waals surface area contributed by atoms with Gasteiger partial charge < -0.3 is 20.7 Å². The van der Waals surface area contributed by atoms with Crippen LogP contribution < -0.4 is 10.6 Å². The van der Waals surface area contributed by atoms with Crippen LogP contribution in [0.1, 0.15) is 12.0 Å². The summed E-state index contributed by atoms with van der Waals surface area (Å²) in [5.41, 5.74) is 2.32. The van der Waals surface area contributed by atoms with E-state index < -0.39 is 0 Å². The van der Waals surface area contributed by atoms with Gasteiger partial charge in [-0.1, -0.05) is 18.2 Å². The maximum absolute atomic E-state index is 11.4. The second-order valence-electron chi connectivity index (χ2n) is 4.37. The largest absolute Gasteiger partial charge is 0.396 e. The molecule has 0 spiro atoms. The van der Waals surface area contributed by atoms with Gasteiger partial charge in [0.25, 0.3) is 0 Å². The summed E-state index contributed by atoms with van der Waals surface area (Å²) >= 11 is 0. The molecule has 0 atom stereocenters. The minimum absolute atomic E-state index is 0.0929. The van der Waals surface area contributed by atoms with Crippen molar-refractivity contribution in [3.63, 3.8) is 0 Å². The normalized spacial score (nSPS) is 10.6. The maximum atomic E-state index is 11.4. The average molecular weight is 261 g/mol. The van der Waals surface area contributed by atoms with Gasteiger partial charge in [0.05, 0.1) is 0 Å². The van der Waals surface area contributed by atoms with E-state index in [0.29, 0.717) is 19.5 Å². The number of fused-ring (bicyclic) bond motifs is 1. The van der Waals surface area contributed by atoms with Crippen LogP contribution >= 0.6 is 0 Å². The first kappa shape index (κ1) is 13.4. The van der Waals surface area contributed by atoms with Gasteiger partial charge in [0.15, 0.2) is 0 Å². The first-order valence-electron chi connectivity index (χ1n) is 6.49. The number of urea groups is 1. The van der Waals surface area contributed by atoms with Gasteiger partial charge in [-0.15, -0.1) is 0 Å². The highest BCUT2D eigenvalue weighted by Gasteiger charge is 2.03. The fourth-order valence-corrected chi connectivity index (χ4v) is 1.99. The molecule has 0 saturated carbocycles. The quantitative estimate of drug-likeness (QED) is 0.593. The number of aliphatic hydroxyl groups is 1. The Hall–Kier alpha value is -2.01. The van der Waals surface area contributed by atoms with Crippen LogP contribution in [0.4, 0.5) is 4.79 Å². The number of nitrogens with one attached hydrogen (secondary N) is 3. The number of aromatic amines is 1. The molecule has 0 aliphatic rings. The van der Waals surface area contributed by atoms with Gasteiger partial charge >= 0.3 is 6.03 Å². The van der Waals surface area contributed by atoms with E-state index in [0.717, 1.165) is 11.9 Å². The molecular formula is C14H19N3O2. The molecular weight excluding hydrogens is 242 g/mol. The van der Waals surface area contributed by atoms with Gasteiger partial charge in [-0.25, -0.2) is 4.79 Å². The molecule has 5 heteroatoms. The molecule has 0 saturated heterocycles. The lowest BCUT2D eigenvalue weighted by molar-refractivity contribution is 0.238. The molecule has 1 heterocycles. The third-order valence-corrected chi connectivity index (χ3v) is 2.98. The number of hydrogen-bond acceptors (Lipinski definition) is 2. The van der Waals surface area contributed by atoms with E-state index in [1.807, 2.05) is 24.4 Å². The minimum atomic E-state index is -0.187. The zero-order chi connectivity index (χ0) is 13.5. The number of H-pyrrole nitrogens is 1. The predicted molar refractivity (Wildman–Crippen MR) is 75.1 cm³/mol. The van der Waals surface area contributed by atoms with Crippen molar-refractivity contribution in [2.75, 3.05) is 19.7 Å². The molecule has 19 heavy (non-hydrogen) atoms. The molecule has 2 amide bonds. The van der Waals surface area contributed by atoms with Gasteiger partial charge in [-0.3, -0.25) is 0 Å². The number of aromatic nitrogens is 1. The Kier molecular flexibility index (Phi) is 4.80. The summed E-state index contributed by atoms with van der Waals surface area (Å²) in [6.45, 7) is 1.18. The lowest BCUT2D eigenvalue weighted by atomic mass is 10.1. The van der Waals surface area contributed by atoms with Crippen molar-refractivity contribution in [1.29, 1.82) is 0 Å². The summed E-state index contributed by atoms with van der Waals surface area (Å²) in [5.74, 6) is 0. The number of para-hydroxylation sites is 1. The summed E-state index contributed by atoms with van der Waals surface area (Å²) in [6.07, 6.45) is 3.35. The van der Waals surface area contributed by atoms with Gasteiger partial charge in [0, 0.05) is 36.8 Å². The third-order valence-electron chi connectivity index (χ3n) is 2.98. The second kappa shape index (κ2) is 6.80. The summed E-state index contributed by atoms with van der Waals surface area (Å²) in [7, 11) is 0. The fraction of sp³-hybridized carbons (Fsp3) is 0.357. The van der Waals surface area contributed by atoms with Crippen LogP contribution in [0.2, 0.25) is 0 Å². The summed E-state index contributed by atoms with van der Waals surface area (Å²) < 4.78 is 0. The van der Waals surface area contributed by atoms with E-state index in [-0.39, 0.29) is 12.6 Å². The number of amides is 2. The van der Waals surface area contributed by atoms with Crippen molar-refractivity contribution in [3.8, 4) is 0 Å². The summed E-state index contributed by atoms with van der Waals surface area (Å²) in [5, 5.41) is 15.3. The lowest BCUT2D eigenvalue weighted by Gasteiger charge is -2.06. The topological polar surface area (TPSA) is 77.2 Å². The van der Waals surface area contributed by atoms with Crippen LogP contribution in [-0.2, 0) is 6.42 Å². The van der Waals surface area contributed by atoms with E-state index in [1.165, 1.54) is 10.9 Å². The lowest BCUT2D eigenvalue weighted by Crippen LogP contribution is -2.37. The molecule has 2 rings (SSSR count). The van der Waals surface area contributed by atoms with E-state index >= 15 is 0 Å². The van der Waals surface area contributed by atoms with E-state index in [4.69, 9.17) is 5.11 Å². The summed E-state index contributed by atoms with van der Waals surface area (Å²) in [6, 6.07) is 7.92. The average Bonchev–Trinajstić information content (AvgIpc) is 2.83. The Balaban J connectivity index is 1.78. The zero-order valence-electron chi connectivity index (χ0n) is 10.8. The van der Waals surface area contributed by atoms with Crippen molar-refractivity contribution in [2.45, 2.75) is 12.8 Å². The van der Waals surface area contributed by atoms with E-state index in [9.17, 15) is 4.79 Å². The van der Waals surface area contributed by atoms with Gasteiger partial charge in [0.2, 0.25) is 0 Å². The first-order chi connectivity index (χ1) is 9.31. The molecule has 0 radical (unpaired) electrons. The first-order valence-corrected chi connectivity index (χ1v) is 6.49. The number of carbonyl (C=O) groups excluding carboxylic acids is 1. The van der Waals surface area contributed by atoms with Crippen molar-refractivity contribution >= 4 is 16.9 Å². The van der Waals surface area contributed by atoms with E-state index in [2.05, 4.69) is 21.7 Å². The number of rotatable bonds is 6. The molecule has 5 nitrogen and oxygen atoms in total. The van der Waals surface area contributed by atoms with Gasteiger partial charge in [0.1, 0.15) is 0 Å². The smallest absolute Gasteiger partial charge is 0.314 e. The molecule has 0 bridgehead atoms. The molecule has 4 N–H and O–H groups in total. The van der Waals surface area contributed by atoms with Gasteiger partial charge in [-0.05, 0) is 24.5 Å². The Morgan fingerprint density at radius 3 is 2.84 bits per heavy atom. The van der Waals surface area contributed by atoms with Crippen LogP contribution in [0.25, 0.3) is 10.9 Å². The highest BCUT2D eigenvalue weighted by Crippen LogP contribution is 2.17. The van der Waals surface area contributed by atoms with Crippen molar-refractivity contribution in [3.05, 3.63) is 36.0 Å². The molecule has 1 aromatic heterocycles.